The maximum atomic E-state index is 11.3. The quantitative estimate of drug-likeness (QED) is 0.740. The van der Waals surface area contributed by atoms with Gasteiger partial charge in [0, 0.05) is 0 Å². The van der Waals surface area contributed by atoms with Crippen LogP contribution in [-0.2, 0) is 11.2 Å². The number of rotatable bonds is 3. The molecule has 0 unspecified atom stereocenters. The highest BCUT2D eigenvalue weighted by atomic mass is 16.5. The zero-order valence-electron chi connectivity index (χ0n) is 8.88. The van der Waals surface area contributed by atoms with Gasteiger partial charge >= 0.3 is 11.9 Å². The van der Waals surface area contributed by atoms with Crippen LogP contribution in [0.25, 0.3) is 0 Å². The second-order valence-electron chi connectivity index (χ2n) is 3.13. The highest BCUT2D eigenvalue weighted by molar-refractivity contribution is 5.95. The van der Waals surface area contributed by atoms with Gasteiger partial charge in [-0.1, -0.05) is 6.92 Å². The molecule has 0 aliphatic rings. The summed E-state index contributed by atoms with van der Waals surface area (Å²) in [6.45, 7) is 3.53. The summed E-state index contributed by atoms with van der Waals surface area (Å²) < 4.78 is 4.56. The van der Waals surface area contributed by atoms with Gasteiger partial charge in [-0.3, -0.25) is 0 Å². The second kappa shape index (κ2) is 4.16. The van der Waals surface area contributed by atoms with Crippen molar-refractivity contribution in [2.75, 3.05) is 7.11 Å². The van der Waals surface area contributed by atoms with E-state index in [0.29, 0.717) is 17.5 Å². The van der Waals surface area contributed by atoms with E-state index in [-0.39, 0.29) is 11.4 Å². The lowest BCUT2D eigenvalue weighted by molar-refractivity contribution is 0.0593. The monoisotopic (exact) mass is 211 g/mol. The number of esters is 1. The molecule has 0 bridgehead atoms. The number of ether oxygens (including phenoxy) is 1. The molecule has 0 saturated heterocycles. The number of carbonyl (C=O) groups excluding carboxylic acids is 1. The Morgan fingerprint density at radius 3 is 2.40 bits per heavy atom. The van der Waals surface area contributed by atoms with Crippen molar-refractivity contribution in [1.82, 2.24) is 4.98 Å². The number of carboxylic acid groups (broad SMARTS) is 1. The fourth-order valence-electron chi connectivity index (χ4n) is 1.56. The first-order valence-corrected chi connectivity index (χ1v) is 4.55. The van der Waals surface area contributed by atoms with Crippen molar-refractivity contribution >= 4 is 11.9 Å². The third-order valence-corrected chi connectivity index (χ3v) is 2.34. The van der Waals surface area contributed by atoms with E-state index < -0.39 is 11.9 Å². The molecule has 0 amide bonds. The van der Waals surface area contributed by atoms with Crippen molar-refractivity contribution in [3.8, 4) is 0 Å². The summed E-state index contributed by atoms with van der Waals surface area (Å²) in [5.41, 5.74) is 1.56. The van der Waals surface area contributed by atoms with Crippen LogP contribution < -0.4 is 0 Å². The molecular formula is C10H13NO4. The third kappa shape index (κ3) is 1.86. The molecule has 0 radical (unpaired) electrons. The van der Waals surface area contributed by atoms with Gasteiger partial charge < -0.3 is 14.8 Å². The molecular weight excluding hydrogens is 198 g/mol. The Bertz CT molecular complexity index is 406. The van der Waals surface area contributed by atoms with Crippen LogP contribution in [0.4, 0.5) is 0 Å². The van der Waals surface area contributed by atoms with Crippen LogP contribution >= 0.6 is 0 Å². The van der Waals surface area contributed by atoms with Crippen molar-refractivity contribution in [2.24, 2.45) is 0 Å². The van der Waals surface area contributed by atoms with Gasteiger partial charge in [0.2, 0.25) is 0 Å². The van der Waals surface area contributed by atoms with Crippen LogP contribution in [-0.4, -0.2) is 29.1 Å². The number of aromatic nitrogens is 1. The number of carbonyl (C=O) groups is 2. The number of nitrogens with one attached hydrogen (secondary N) is 1. The topological polar surface area (TPSA) is 79.4 Å². The molecule has 0 atom stereocenters. The number of carboxylic acids is 1. The second-order valence-corrected chi connectivity index (χ2v) is 3.13. The SMILES string of the molecule is CCc1c(C(=O)OC)[nH]c(C(=O)O)c1C. The zero-order valence-corrected chi connectivity index (χ0v) is 8.88. The minimum absolute atomic E-state index is 0.0484. The van der Waals surface area contributed by atoms with Gasteiger partial charge in [-0.2, -0.15) is 0 Å². The van der Waals surface area contributed by atoms with Crippen LogP contribution in [0.15, 0.2) is 0 Å². The first kappa shape index (κ1) is 11.3. The van der Waals surface area contributed by atoms with Gasteiger partial charge in [0.05, 0.1) is 7.11 Å². The molecule has 5 heteroatoms. The van der Waals surface area contributed by atoms with Gasteiger partial charge in [0.15, 0.2) is 0 Å². The minimum Gasteiger partial charge on any atom is -0.477 e. The first-order chi connectivity index (χ1) is 7.02. The van der Waals surface area contributed by atoms with Crippen molar-refractivity contribution < 1.29 is 19.4 Å². The van der Waals surface area contributed by atoms with E-state index in [1.807, 2.05) is 6.92 Å². The Balaban J connectivity index is 3.34. The van der Waals surface area contributed by atoms with E-state index in [2.05, 4.69) is 9.72 Å². The minimum atomic E-state index is -1.07. The number of hydrogen-bond donors (Lipinski definition) is 2. The molecule has 0 aliphatic heterocycles. The van der Waals surface area contributed by atoms with Crippen LogP contribution in [0.1, 0.15) is 39.0 Å². The summed E-state index contributed by atoms with van der Waals surface area (Å²) in [6.07, 6.45) is 0.583. The molecule has 0 spiro atoms. The Hall–Kier alpha value is -1.78. The van der Waals surface area contributed by atoms with Gasteiger partial charge in [0.25, 0.3) is 0 Å². The van der Waals surface area contributed by atoms with E-state index in [1.165, 1.54) is 7.11 Å². The average Bonchev–Trinajstić information content (AvgIpc) is 2.54. The van der Waals surface area contributed by atoms with Crippen molar-refractivity contribution in [2.45, 2.75) is 20.3 Å². The van der Waals surface area contributed by atoms with Crippen molar-refractivity contribution in [1.29, 1.82) is 0 Å². The van der Waals surface area contributed by atoms with Gasteiger partial charge in [-0.05, 0) is 24.5 Å². The number of aromatic amines is 1. The predicted octanol–water partition coefficient (Wildman–Crippen LogP) is 1.37. The molecule has 15 heavy (non-hydrogen) atoms. The van der Waals surface area contributed by atoms with E-state index >= 15 is 0 Å². The first-order valence-electron chi connectivity index (χ1n) is 4.55. The van der Waals surface area contributed by atoms with E-state index in [9.17, 15) is 9.59 Å². The summed E-state index contributed by atoms with van der Waals surface area (Å²) in [6, 6.07) is 0. The Morgan fingerprint density at radius 2 is 2.00 bits per heavy atom. The normalized spacial score (nSPS) is 10.1. The van der Waals surface area contributed by atoms with Gasteiger partial charge in [-0.15, -0.1) is 0 Å². The lowest BCUT2D eigenvalue weighted by Crippen LogP contribution is -2.05. The Morgan fingerprint density at radius 1 is 1.40 bits per heavy atom. The molecule has 0 aliphatic carbocycles. The zero-order chi connectivity index (χ0) is 11.6. The maximum Gasteiger partial charge on any atom is 0.354 e. The largest absolute Gasteiger partial charge is 0.477 e. The fourth-order valence-corrected chi connectivity index (χ4v) is 1.56. The smallest absolute Gasteiger partial charge is 0.354 e. The predicted molar refractivity (Wildman–Crippen MR) is 53.2 cm³/mol. The molecule has 0 aromatic carbocycles. The number of methoxy groups -OCH3 is 1. The van der Waals surface area contributed by atoms with Crippen LogP contribution in [0.3, 0.4) is 0 Å². The molecule has 1 aromatic rings. The molecule has 1 heterocycles. The number of H-pyrrole nitrogens is 1. The standard InChI is InChI=1S/C10H13NO4/c1-4-6-5(2)7(9(12)13)11-8(6)10(14)15-3/h11H,4H2,1-3H3,(H,12,13). The van der Waals surface area contributed by atoms with Crippen molar-refractivity contribution in [3.63, 3.8) is 0 Å². The lowest BCUT2D eigenvalue weighted by Gasteiger charge is -1.99. The molecule has 1 aromatic heterocycles. The van der Waals surface area contributed by atoms with Gasteiger partial charge in [-0.25, -0.2) is 9.59 Å². The Labute approximate surface area is 87.1 Å². The highest BCUT2D eigenvalue weighted by Gasteiger charge is 2.21. The molecule has 0 saturated carbocycles. The molecule has 5 nitrogen and oxygen atoms in total. The van der Waals surface area contributed by atoms with Crippen LogP contribution in [0.5, 0.6) is 0 Å². The molecule has 0 fully saturated rings. The average molecular weight is 211 g/mol. The summed E-state index contributed by atoms with van der Waals surface area (Å²) in [5.74, 6) is -1.61. The number of hydrogen-bond acceptors (Lipinski definition) is 3. The highest BCUT2D eigenvalue weighted by Crippen LogP contribution is 2.19. The summed E-state index contributed by atoms with van der Waals surface area (Å²) in [5, 5.41) is 8.87. The van der Waals surface area contributed by atoms with E-state index in [0.717, 1.165) is 0 Å². The lowest BCUT2D eigenvalue weighted by atomic mass is 10.1. The van der Waals surface area contributed by atoms with Gasteiger partial charge in [0.1, 0.15) is 11.4 Å². The summed E-state index contributed by atoms with van der Waals surface area (Å²) >= 11 is 0. The summed E-state index contributed by atoms with van der Waals surface area (Å²) in [7, 11) is 1.26. The molecule has 1 rings (SSSR count). The molecule has 82 valence electrons. The maximum absolute atomic E-state index is 11.3. The van der Waals surface area contributed by atoms with Crippen molar-refractivity contribution in [3.05, 3.63) is 22.5 Å². The summed E-state index contributed by atoms with van der Waals surface area (Å²) in [4.78, 5) is 24.7. The number of aromatic carboxylic acids is 1. The molecule has 2 N–H and O–H groups in total. The Kier molecular flexibility index (Phi) is 3.14. The van der Waals surface area contributed by atoms with E-state index in [1.54, 1.807) is 6.92 Å². The van der Waals surface area contributed by atoms with E-state index in [4.69, 9.17) is 5.11 Å². The van der Waals surface area contributed by atoms with Crippen LogP contribution in [0, 0.1) is 6.92 Å². The fraction of sp³-hybridized carbons (Fsp3) is 0.400. The van der Waals surface area contributed by atoms with Crippen LogP contribution in [0.2, 0.25) is 0 Å². The third-order valence-electron chi connectivity index (χ3n) is 2.34.